The van der Waals surface area contributed by atoms with Crippen molar-refractivity contribution in [2.24, 2.45) is 0 Å². The Kier molecular flexibility index (Phi) is 4.45. The minimum Gasteiger partial charge on any atom is -0.340 e. The van der Waals surface area contributed by atoms with Crippen molar-refractivity contribution in [2.45, 2.75) is 6.92 Å². The van der Waals surface area contributed by atoms with Gasteiger partial charge in [-0.1, -0.05) is 11.6 Å². The molecule has 1 aliphatic rings. The van der Waals surface area contributed by atoms with Gasteiger partial charge in [0.1, 0.15) is 5.82 Å². The normalized spacial score (nSPS) is 15.9. The molecule has 1 saturated heterocycles. The van der Waals surface area contributed by atoms with Gasteiger partial charge < -0.3 is 15.1 Å². The molecule has 6 heteroatoms. The predicted molar refractivity (Wildman–Crippen MR) is 91.2 cm³/mol. The number of piperazine rings is 1. The van der Waals surface area contributed by atoms with Crippen LogP contribution in [0.2, 0.25) is 5.02 Å². The fourth-order valence-corrected chi connectivity index (χ4v) is 2.57. The summed E-state index contributed by atoms with van der Waals surface area (Å²) in [6.07, 6.45) is 0. The standard InChI is InChI=1S/C16H20ClN5/c1-12-11-15(19-14-5-3-13(17)4-6-14)20-16(18-12)22-9-7-21(2)8-10-22/h3-6,11H,7-10H2,1-2H3,(H,18,19,20). The van der Waals surface area contributed by atoms with Gasteiger partial charge in [-0.25, -0.2) is 4.98 Å². The summed E-state index contributed by atoms with van der Waals surface area (Å²) >= 11 is 5.91. The van der Waals surface area contributed by atoms with Crippen LogP contribution in [0, 0.1) is 6.92 Å². The Labute approximate surface area is 135 Å². The first-order valence-electron chi connectivity index (χ1n) is 7.42. The molecule has 1 N–H and O–H groups in total. The van der Waals surface area contributed by atoms with Crippen molar-refractivity contribution in [3.63, 3.8) is 0 Å². The largest absolute Gasteiger partial charge is 0.340 e. The molecule has 0 aliphatic carbocycles. The van der Waals surface area contributed by atoms with Gasteiger partial charge in [0.05, 0.1) is 0 Å². The van der Waals surface area contributed by atoms with Crippen molar-refractivity contribution in [1.82, 2.24) is 14.9 Å². The van der Waals surface area contributed by atoms with Gasteiger partial charge in [0, 0.05) is 48.6 Å². The molecular formula is C16H20ClN5. The maximum atomic E-state index is 5.91. The summed E-state index contributed by atoms with van der Waals surface area (Å²) in [4.78, 5) is 13.8. The maximum Gasteiger partial charge on any atom is 0.227 e. The summed E-state index contributed by atoms with van der Waals surface area (Å²) in [5.74, 6) is 1.60. The first-order valence-corrected chi connectivity index (χ1v) is 7.80. The summed E-state index contributed by atoms with van der Waals surface area (Å²) < 4.78 is 0. The Hall–Kier alpha value is -1.85. The van der Waals surface area contributed by atoms with Crippen LogP contribution in [-0.4, -0.2) is 48.1 Å². The van der Waals surface area contributed by atoms with Crippen LogP contribution in [-0.2, 0) is 0 Å². The van der Waals surface area contributed by atoms with E-state index in [1.165, 1.54) is 0 Å². The molecule has 2 heterocycles. The Morgan fingerprint density at radius 3 is 2.41 bits per heavy atom. The Balaban J connectivity index is 1.79. The lowest BCUT2D eigenvalue weighted by Crippen LogP contribution is -2.45. The highest BCUT2D eigenvalue weighted by Crippen LogP contribution is 2.20. The highest BCUT2D eigenvalue weighted by Gasteiger charge is 2.17. The molecule has 2 aromatic rings. The van der Waals surface area contributed by atoms with E-state index in [-0.39, 0.29) is 0 Å². The second-order valence-corrected chi connectivity index (χ2v) is 6.05. The molecular weight excluding hydrogens is 298 g/mol. The minimum absolute atomic E-state index is 0.725. The molecule has 0 radical (unpaired) electrons. The van der Waals surface area contributed by atoms with Gasteiger partial charge in [0.25, 0.3) is 0 Å². The average molecular weight is 318 g/mol. The van der Waals surface area contributed by atoms with Crippen LogP contribution in [0.3, 0.4) is 0 Å². The van der Waals surface area contributed by atoms with Gasteiger partial charge in [-0.3, -0.25) is 0 Å². The van der Waals surface area contributed by atoms with Crippen molar-refractivity contribution < 1.29 is 0 Å². The summed E-state index contributed by atoms with van der Waals surface area (Å²) in [5, 5.41) is 4.04. The summed E-state index contributed by atoms with van der Waals surface area (Å²) in [7, 11) is 2.14. The second kappa shape index (κ2) is 6.50. The maximum absolute atomic E-state index is 5.91. The van der Waals surface area contributed by atoms with Gasteiger partial charge in [-0.05, 0) is 38.2 Å². The smallest absolute Gasteiger partial charge is 0.227 e. The molecule has 0 atom stereocenters. The molecule has 1 aromatic heterocycles. The Morgan fingerprint density at radius 1 is 1.05 bits per heavy atom. The van der Waals surface area contributed by atoms with Crippen LogP contribution in [0.5, 0.6) is 0 Å². The lowest BCUT2D eigenvalue weighted by molar-refractivity contribution is 0.311. The molecule has 0 spiro atoms. The van der Waals surface area contributed by atoms with E-state index >= 15 is 0 Å². The Morgan fingerprint density at radius 2 is 1.73 bits per heavy atom. The molecule has 0 amide bonds. The number of benzene rings is 1. The summed E-state index contributed by atoms with van der Waals surface area (Å²) in [6, 6.07) is 9.55. The zero-order valence-corrected chi connectivity index (χ0v) is 13.6. The molecule has 1 fully saturated rings. The van der Waals surface area contributed by atoms with E-state index < -0.39 is 0 Å². The van der Waals surface area contributed by atoms with Crippen molar-refractivity contribution in [1.29, 1.82) is 0 Å². The number of hydrogen-bond donors (Lipinski definition) is 1. The zero-order chi connectivity index (χ0) is 15.5. The molecule has 3 rings (SSSR count). The number of anilines is 3. The molecule has 1 aromatic carbocycles. The van der Waals surface area contributed by atoms with Crippen molar-refractivity contribution in [3.05, 3.63) is 41.0 Å². The van der Waals surface area contributed by atoms with Crippen LogP contribution in [0.4, 0.5) is 17.5 Å². The van der Waals surface area contributed by atoms with Crippen LogP contribution >= 0.6 is 11.6 Å². The summed E-state index contributed by atoms with van der Waals surface area (Å²) in [6.45, 7) is 5.99. The predicted octanol–water partition coefficient (Wildman–Crippen LogP) is 2.93. The van der Waals surface area contributed by atoms with Gasteiger partial charge in [-0.2, -0.15) is 4.98 Å². The highest BCUT2D eigenvalue weighted by atomic mass is 35.5. The molecule has 0 saturated carbocycles. The molecule has 0 unspecified atom stereocenters. The Bertz CT molecular complexity index is 635. The number of likely N-dealkylation sites (N-methyl/N-ethyl adjacent to an activating group) is 1. The SMILES string of the molecule is Cc1cc(Nc2ccc(Cl)cc2)nc(N2CCN(C)CC2)n1. The van der Waals surface area contributed by atoms with Crippen molar-refractivity contribution >= 4 is 29.1 Å². The third kappa shape index (κ3) is 3.67. The number of aromatic nitrogens is 2. The number of nitrogens with one attached hydrogen (secondary N) is 1. The van der Waals surface area contributed by atoms with Gasteiger partial charge in [-0.15, -0.1) is 0 Å². The van der Waals surface area contributed by atoms with Gasteiger partial charge >= 0.3 is 0 Å². The van der Waals surface area contributed by atoms with Crippen LogP contribution < -0.4 is 10.2 Å². The van der Waals surface area contributed by atoms with E-state index in [0.717, 1.165) is 54.3 Å². The highest BCUT2D eigenvalue weighted by molar-refractivity contribution is 6.30. The van der Waals surface area contributed by atoms with Crippen LogP contribution in [0.1, 0.15) is 5.69 Å². The zero-order valence-electron chi connectivity index (χ0n) is 12.9. The molecule has 116 valence electrons. The second-order valence-electron chi connectivity index (χ2n) is 5.62. The molecule has 1 aliphatic heterocycles. The number of hydrogen-bond acceptors (Lipinski definition) is 5. The number of halogens is 1. The lowest BCUT2D eigenvalue weighted by atomic mass is 10.3. The van der Waals surface area contributed by atoms with E-state index in [0.29, 0.717) is 0 Å². The van der Waals surface area contributed by atoms with E-state index in [9.17, 15) is 0 Å². The average Bonchev–Trinajstić information content (AvgIpc) is 2.50. The topological polar surface area (TPSA) is 44.3 Å². The fourth-order valence-electron chi connectivity index (χ4n) is 2.45. The molecule has 5 nitrogen and oxygen atoms in total. The molecule has 0 bridgehead atoms. The summed E-state index contributed by atoms with van der Waals surface area (Å²) in [5.41, 5.74) is 1.92. The van der Waals surface area contributed by atoms with Crippen LogP contribution in [0.25, 0.3) is 0 Å². The van der Waals surface area contributed by atoms with E-state index in [4.69, 9.17) is 11.6 Å². The lowest BCUT2D eigenvalue weighted by Gasteiger charge is -2.32. The first-order chi connectivity index (χ1) is 10.6. The van der Waals surface area contributed by atoms with Gasteiger partial charge in [0.2, 0.25) is 5.95 Å². The number of rotatable bonds is 3. The van der Waals surface area contributed by atoms with E-state index in [1.807, 2.05) is 37.3 Å². The fraction of sp³-hybridized carbons (Fsp3) is 0.375. The monoisotopic (exact) mass is 317 g/mol. The van der Waals surface area contributed by atoms with E-state index in [2.05, 4.69) is 32.1 Å². The van der Waals surface area contributed by atoms with Crippen molar-refractivity contribution in [2.75, 3.05) is 43.4 Å². The third-order valence-electron chi connectivity index (χ3n) is 3.75. The number of aryl methyl sites for hydroxylation is 1. The first kappa shape index (κ1) is 15.1. The molecule has 22 heavy (non-hydrogen) atoms. The minimum atomic E-state index is 0.725. The van der Waals surface area contributed by atoms with Crippen LogP contribution in [0.15, 0.2) is 30.3 Å². The van der Waals surface area contributed by atoms with Gasteiger partial charge in [0.15, 0.2) is 0 Å². The number of nitrogens with zero attached hydrogens (tertiary/aromatic N) is 4. The third-order valence-corrected chi connectivity index (χ3v) is 4.00. The quantitative estimate of drug-likeness (QED) is 0.943. The van der Waals surface area contributed by atoms with Crippen molar-refractivity contribution in [3.8, 4) is 0 Å². The van der Waals surface area contributed by atoms with E-state index in [1.54, 1.807) is 0 Å².